The smallest absolute Gasteiger partial charge is 0.0110 e. The highest BCUT2D eigenvalue weighted by molar-refractivity contribution is 4.85. The van der Waals surface area contributed by atoms with Crippen molar-refractivity contribution in [1.82, 2.24) is 10.2 Å². The van der Waals surface area contributed by atoms with Crippen molar-refractivity contribution in [1.29, 1.82) is 0 Å². The lowest BCUT2D eigenvalue weighted by atomic mass is 9.83. The first-order valence-electron chi connectivity index (χ1n) is 7.80. The number of nitrogens with zero attached hydrogens (tertiary/aromatic N) is 1. The second-order valence-electron chi connectivity index (χ2n) is 5.96. The van der Waals surface area contributed by atoms with Crippen molar-refractivity contribution >= 4 is 0 Å². The molecule has 0 heterocycles. The van der Waals surface area contributed by atoms with Gasteiger partial charge >= 0.3 is 0 Å². The molecule has 0 aromatic rings. The van der Waals surface area contributed by atoms with Gasteiger partial charge in [0.2, 0.25) is 0 Å². The van der Waals surface area contributed by atoms with E-state index in [-0.39, 0.29) is 0 Å². The maximum Gasteiger partial charge on any atom is 0.0110 e. The standard InChI is InChI=1S/C15H30N2/c1-3-16-14-9-6-10-15(11-14)17(4-2)12-13-7-5-8-13/h13-16H,3-12H2,1-2H3. The molecule has 0 saturated heterocycles. The third kappa shape index (κ3) is 3.69. The summed E-state index contributed by atoms with van der Waals surface area (Å²) in [5.41, 5.74) is 0. The maximum atomic E-state index is 3.65. The van der Waals surface area contributed by atoms with Crippen molar-refractivity contribution in [3.63, 3.8) is 0 Å². The van der Waals surface area contributed by atoms with Crippen LogP contribution < -0.4 is 5.32 Å². The molecule has 0 aromatic carbocycles. The molecule has 2 nitrogen and oxygen atoms in total. The van der Waals surface area contributed by atoms with E-state index in [2.05, 4.69) is 24.1 Å². The highest BCUT2D eigenvalue weighted by Gasteiger charge is 2.28. The van der Waals surface area contributed by atoms with Gasteiger partial charge in [-0.15, -0.1) is 0 Å². The summed E-state index contributed by atoms with van der Waals surface area (Å²) in [7, 11) is 0. The molecule has 0 aromatic heterocycles. The molecule has 0 aliphatic heterocycles. The summed E-state index contributed by atoms with van der Waals surface area (Å²) in [6.45, 7) is 8.33. The minimum atomic E-state index is 0.786. The topological polar surface area (TPSA) is 15.3 Å². The second-order valence-corrected chi connectivity index (χ2v) is 5.96. The van der Waals surface area contributed by atoms with Gasteiger partial charge in [-0.1, -0.05) is 26.7 Å². The molecule has 0 bridgehead atoms. The molecule has 2 saturated carbocycles. The second kappa shape index (κ2) is 6.75. The summed E-state index contributed by atoms with van der Waals surface area (Å²) in [5, 5.41) is 3.65. The van der Waals surface area contributed by atoms with Gasteiger partial charge in [-0.25, -0.2) is 0 Å². The van der Waals surface area contributed by atoms with Gasteiger partial charge in [-0.05, 0) is 51.1 Å². The Labute approximate surface area is 107 Å². The lowest BCUT2D eigenvalue weighted by Gasteiger charge is -2.40. The predicted molar refractivity (Wildman–Crippen MR) is 74.3 cm³/mol. The highest BCUT2D eigenvalue weighted by atomic mass is 15.2. The minimum Gasteiger partial charge on any atom is -0.314 e. The fourth-order valence-corrected chi connectivity index (χ4v) is 3.51. The van der Waals surface area contributed by atoms with Crippen molar-refractivity contribution in [3.8, 4) is 0 Å². The van der Waals surface area contributed by atoms with Gasteiger partial charge in [0.1, 0.15) is 0 Å². The molecule has 0 radical (unpaired) electrons. The van der Waals surface area contributed by atoms with E-state index in [9.17, 15) is 0 Å². The van der Waals surface area contributed by atoms with Crippen LogP contribution in [0.5, 0.6) is 0 Å². The van der Waals surface area contributed by atoms with E-state index in [1.807, 2.05) is 0 Å². The molecule has 17 heavy (non-hydrogen) atoms. The van der Waals surface area contributed by atoms with Crippen LogP contribution >= 0.6 is 0 Å². The zero-order chi connectivity index (χ0) is 12.1. The molecule has 1 N–H and O–H groups in total. The van der Waals surface area contributed by atoms with Crippen LogP contribution in [0, 0.1) is 5.92 Å². The van der Waals surface area contributed by atoms with Crippen LogP contribution in [-0.2, 0) is 0 Å². The van der Waals surface area contributed by atoms with Crippen molar-refractivity contribution in [3.05, 3.63) is 0 Å². The number of hydrogen-bond acceptors (Lipinski definition) is 2. The fourth-order valence-electron chi connectivity index (χ4n) is 3.51. The Balaban J connectivity index is 1.80. The van der Waals surface area contributed by atoms with Crippen LogP contribution in [0.15, 0.2) is 0 Å². The first-order chi connectivity index (χ1) is 8.33. The maximum absolute atomic E-state index is 3.65. The number of nitrogens with one attached hydrogen (secondary N) is 1. The molecule has 2 fully saturated rings. The molecule has 0 spiro atoms. The average Bonchev–Trinajstić information content (AvgIpc) is 2.29. The SMILES string of the molecule is CCNC1CCCC(N(CC)CC2CCC2)C1. The predicted octanol–water partition coefficient (Wildman–Crippen LogP) is 3.03. The molecule has 2 atom stereocenters. The normalized spacial score (nSPS) is 30.5. The van der Waals surface area contributed by atoms with E-state index in [0.717, 1.165) is 24.5 Å². The minimum absolute atomic E-state index is 0.786. The van der Waals surface area contributed by atoms with Crippen LogP contribution in [0.4, 0.5) is 0 Å². The van der Waals surface area contributed by atoms with E-state index in [0.29, 0.717) is 0 Å². The quantitative estimate of drug-likeness (QED) is 0.765. The number of hydrogen-bond donors (Lipinski definition) is 1. The van der Waals surface area contributed by atoms with Gasteiger partial charge in [0.25, 0.3) is 0 Å². The van der Waals surface area contributed by atoms with E-state index >= 15 is 0 Å². The van der Waals surface area contributed by atoms with E-state index < -0.39 is 0 Å². The molecule has 2 rings (SSSR count). The largest absolute Gasteiger partial charge is 0.314 e. The van der Waals surface area contributed by atoms with Crippen LogP contribution in [-0.4, -0.2) is 36.6 Å². The summed E-state index contributed by atoms with van der Waals surface area (Å²) in [5.74, 6) is 1.02. The Morgan fingerprint density at radius 1 is 1.06 bits per heavy atom. The van der Waals surface area contributed by atoms with Crippen molar-refractivity contribution in [2.45, 2.75) is 70.9 Å². The van der Waals surface area contributed by atoms with E-state index in [1.54, 1.807) is 0 Å². The molecule has 2 heteroatoms. The van der Waals surface area contributed by atoms with Gasteiger partial charge in [-0.3, -0.25) is 0 Å². The Bertz CT molecular complexity index is 211. The van der Waals surface area contributed by atoms with Gasteiger partial charge in [-0.2, -0.15) is 0 Å². The van der Waals surface area contributed by atoms with Crippen LogP contribution in [0.3, 0.4) is 0 Å². The third-order valence-electron chi connectivity index (χ3n) is 4.78. The first kappa shape index (κ1) is 13.4. The summed E-state index contributed by atoms with van der Waals surface area (Å²) in [4.78, 5) is 2.77. The molecule has 2 unspecified atom stereocenters. The molecular formula is C15H30N2. The molecule has 2 aliphatic rings. The molecular weight excluding hydrogens is 208 g/mol. The van der Waals surface area contributed by atoms with Gasteiger partial charge in [0.05, 0.1) is 0 Å². The van der Waals surface area contributed by atoms with E-state index in [1.165, 1.54) is 58.0 Å². The van der Waals surface area contributed by atoms with Crippen LogP contribution in [0.25, 0.3) is 0 Å². The zero-order valence-corrected chi connectivity index (χ0v) is 11.8. The zero-order valence-electron chi connectivity index (χ0n) is 11.8. The lowest BCUT2D eigenvalue weighted by Crippen LogP contribution is -2.46. The molecule has 100 valence electrons. The lowest BCUT2D eigenvalue weighted by molar-refractivity contribution is 0.104. The summed E-state index contributed by atoms with van der Waals surface area (Å²) < 4.78 is 0. The highest BCUT2D eigenvalue weighted by Crippen LogP contribution is 2.30. The van der Waals surface area contributed by atoms with Gasteiger partial charge < -0.3 is 10.2 Å². The summed E-state index contributed by atoms with van der Waals surface area (Å²) in [6.07, 6.45) is 10.1. The Kier molecular flexibility index (Phi) is 5.30. The first-order valence-corrected chi connectivity index (χ1v) is 7.80. The fraction of sp³-hybridized carbons (Fsp3) is 1.00. The summed E-state index contributed by atoms with van der Waals surface area (Å²) in [6, 6.07) is 1.65. The van der Waals surface area contributed by atoms with Crippen LogP contribution in [0.1, 0.15) is 58.8 Å². The van der Waals surface area contributed by atoms with Crippen LogP contribution in [0.2, 0.25) is 0 Å². The van der Waals surface area contributed by atoms with Gasteiger partial charge in [0.15, 0.2) is 0 Å². The Hall–Kier alpha value is -0.0800. The average molecular weight is 238 g/mol. The summed E-state index contributed by atoms with van der Waals surface area (Å²) >= 11 is 0. The van der Waals surface area contributed by atoms with Crippen molar-refractivity contribution in [2.24, 2.45) is 5.92 Å². The molecule has 2 aliphatic carbocycles. The van der Waals surface area contributed by atoms with E-state index in [4.69, 9.17) is 0 Å². The monoisotopic (exact) mass is 238 g/mol. The van der Waals surface area contributed by atoms with Crippen molar-refractivity contribution < 1.29 is 0 Å². The van der Waals surface area contributed by atoms with Crippen molar-refractivity contribution in [2.75, 3.05) is 19.6 Å². The molecule has 0 amide bonds. The third-order valence-corrected chi connectivity index (χ3v) is 4.78. The Morgan fingerprint density at radius 3 is 2.41 bits per heavy atom. The Morgan fingerprint density at radius 2 is 1.82 bits per heavy atom. The van der Waals surface area contributed by atoms with Gasteiger partial charge in [0, 0.05) is 18.6 Å². The number of rotatable bonds is 6.